The van der Waals surface area contributed by atoms with E-state index in [-0.39, 0.29) is 11.9 Å². The summed E-state index contributed by atoms with van der Waals surface area (Å²) in [4.78, 5) is 16.6. The zero-order chi connectivity index (χ0) is 14.5. The molecule has 2 rings (SSSR count). The lowest BCUT2D eigenvalue weighted by molar-refractivity contribution is 0.0930. The number of thioether (sulfide) groups is 1. The molecule has 0 spiro atoms. The van der Waals surface area contributed by atoms with Crippen LogP contribution in [0.25, 0.3) is 0 Å². The molecule has 1 aromatic rings. The van der Waals surface area contributed by atoms with Crippen molar-refractivity contribution in [1.82, 2.24) is 10.3 Å². The molecule has 0 radical (unpaired) electrons. The van der Waals surface area contributed by atoms with E-state index in [2.05, 4.69) is 22.0 Å². The summed E-state index contributed by atoms with van der Waals surface area (Å²) in [6.07, 6.45) is 8.32. The lowest BCUT2D eigenvalue weighted by Gasteiger charge is -2.31. The number of rotatable bonds is 4. The molecule has 1 heterocycles. The van der Waals surface area contributed by atoms with Crippen molar-refractivity contribution in [2.45, 2.75) is 43.9 Å². The number of hydrogen-bond acceptors (Lipinski definition) is 5. The van der Waals surface area contributed by atoms with Gasteiger partial charge >= 0.3 is 0 Å². The largest absolute Gasteiger partial charge is 0.348 e. The Morgan fingerprint density at radius 3 is 2.90 bits per heavy atom. The normalized spacial score (nSPS) is 22.4. The maximum atomic E-state index is 12.4. The van der Waals surface area contributed by atoms with E-state index in [0.717, 1.165) is 12.1 Å². The van der Waals surface area contributed by atoms with Crippen LogP contribution in [0.4, 0.5) is 5.69 Å². The van der Waals surface area contributed by atoms with Crippen LogP contribution in [0.5, 0.6) is 0 Å². The van der Waals surface area contributed by atoms with Gasteiger partial charge in [0, 0.05) is 23.2 Å². The lowest BCUT2D eigenvalue weighted by Crippen LogP contribution is -2.44. The standard InChI is InChI=1S/C14H22N4OS/c1-9-7-12(18-15)10(8-16-9)14(19)17-11-5-3-4-6-13(11)20-2/h7-8,11,13H,3-6,15H2,1-2H3,(H,16,18)(H,17,19). The third kappa shape index (κ3) is 3.43. The van der Waals surface area contributed by atoms with E-state index in [0.29, 0.717) is 16.5 Å². The van der Waals surface area contributed by atoms with Gasteiger partial charge in [0.05, 0.1) is 11.3 Å². The highest BCUT2D eigenvalue weighted by molar-refractivity contribution is 7.99. The molecule has 1 saturated carbocycles. The van der Waals surface area contributed by atoms with E-state index in [1.54, 1.807) is 12.3 Å². The topological polar surface area (TPSA) is 80.0 Å². The molecule has 4 N–H and O–H groups in total. The van der Waals surface area contributed by atoms with Crippen LogP contribution >= 0.6 is 11.8 Å². The molecular weight excluding hydrogens is 272 g/mol. The number of nitrogens with one attached hydrogen (secondary N) is 2. The van der Waals surface area contributed by atoms with Gasteiger partial charge < -0.3 is 10.7 Å². The number of hydrogen-bond donors (Lipinski definition) is 3. The zero-order valence-corrected chi connectivity index (χ0v) is 12.8. The van der Waals surface area contributed by atoms with Crippen LogP contribution in [0.3, 0.4) is 0 Å². The van der Waals surface area contributed by atoms with Crippen LogP contribution in [0.1, 0.15) is 41.7 Å². The number of aromatic nitrogens is 1. The van der Waals surface area contributed by atoms with Crippen LogP contribution in [-0.2, 0) is 0 Å². The maximum absolute atomic E-state index is 12.4. The highest BCUT2D eigenvalue weighted by atomic mass is 32.2. The first-order chi connectivity index (χ1) is 9.65. The number of nitrogens with two attached hydrogens (primary N) is 1. The number of anilines is 1. The Morgan fingerprint density at radius 1 is 1.45 bits per heavy atom. The number of aryl methyl sites for hydroxylation is 1. The number of amides is 1. The average Bonchev–Trinajstić information content (AvgIpc) is 2.47. The molecule has 5 nitrogen and oxygen atoms in total. The molecule has 0 bridgehead atoms. The van der Waals surface area contributed by atoms with E-state index >= 15 is 0 Å². The predicted octanol–water partition coefficient (Wildman–Crippen LogP) is 2.08. The Morgan fingerprint density at radius 2 is 2.20 bits per heavy atom. The maximum Gasteiger partial charge on any atom is 0.255 e. The zero-order valence-electron chi connectivity index (χ0n) is 12.0. The van der Waals surface area contributed by atoms with E-state index in [9.17, 15) is 4.79 Å². The Balaban J connectivity index is 2.11. The van der Waals surface area contributed by atoms with Gasteiger partial charge in [-0.2, -0.15) is 11.8 Å². The molecule has 6 heteroatoms. The SMILES string of the molecule is CSC1CCCCC1NC(=O)c1cnc(C)cc1NN. The molecule has 2 unspecified atom stereocenters. The smallest absolute Gasteiger partial charge is 0.255 e. The van der Waals surface area contributed by atoms with E-state index < -0.39 is 0 Å². The van der Waals surface area contributed by atoms with Gasteiger partial charge in [0.15, 0.2) is 0 Å². The van der Waals surface area contributed by atoms with Gasteiger partial charge in [-0.25, -0.2) is 0 Å². The minimum absolute atomic E-state index is 0.101. The molecule has 110 valence electrons. The number of nitrogen functional groups attached to an aromatic ring is 1. The highest BCUT2D eigenvalue weighted by Gasteiger charge is 2.26. The van der Waals surface area contributed by atoms with Crippen LogP contribution < -0.4 is 16.6 Å². The van der Waals surface area contributed by atoms with Gasteiger partial charge in [-0.1, -0.05) is 12.8 Å². The Hall–Kier alpha value is -1.27. The van der Waals surface area contributed by atoms with Gasteiger partial charge in [-0.3, -0.25) is 15.6 Å². The Bertz CT molecular complexity index is 480. The molecule has 2 atom stereocenters. The number of carbonyl (C=O) groups is 1. The van der Waals surface area contributed by atoms with Gasteiger partial charge in [-0.05, 0) is 32.1 Å². The second-order valence-corrected chi connectivity index (χ2v) is 6.23. The Kier molecular flexibility index (Phi) is 5.25. The summed E-state index contributed by atoms with van der Waals surface area (Å²) in [6, 6.07) is 2.01. The van der Waals surface area contributed by atoms with Crippen molar-refractivity contribution < 1.29 is 4.79 Å². The molecule has 1 fully saturated rings. The van der Waals surface area contributed by atoms with Crippen LogP contribution in [0, 0.1) is 6.92 Å². The van der Waals surface area contributed by atoms with E-state index in [1.165, 1.54) is 19.3 Å². The fraction of sp³-hybridized carbons (Fsp3) is 0.571. The summed E-state index contributed by atoms with van der Waals surface area (Å²) in [5.41, 5.74) is 4.52. The second kappa shape index (κ2) is 6.95. The third-order valence-electron chi connectivity index (χ3n) is 3.76. The average molecular weight is 294 g/mol. The summed E-state index contributed by atoms with van der Waals surface area (Å²) in [5, 5.41) is 3.64. The van der Waals surface area contributed by atoms with Crippen molar-refractivity contribution in [3.63, 3.8) is 0 Å². The molecule has 0 saturated heterocycles. The first-order valence-electron chi connectivity index (χ1n) is 6.92. The molecule has 1 amide bonds. The minimum Gasteiger partial charge on any atom is -0.348 e. The number of pyridine rings is 1. The van der Waals surface area contributed by atoms with Gasteiger partial charge in [0.25, 0.3) is 5.91 Å². The predicted molar refractivity (Wildman–Crippen MR) is 83.8 cm³/mol. The summed E-state index contributed by atoms with van der Waals surface area (Å²) in [7, 11) is 0. The lowest BCUT2D eigenvalue weighted by atomic mass is 9.94. The molecule has 0 aromatic carbocycles. The number of carbonyl (C=O) groups excluding carboxylic acids is 1. The van der Waals surface area contributed by atoms with Gasteiger partial charge in [0.1, 0.15) is 0 Å². The molecule has 20 heavy (non-hydrogen) atoms. The van der Waals surface area contributed by atoms with E-state index in [1.807, 2.05) is 18.7 Å². The van der Waals surface area contributed by atoms with Crippen molar-refractivity contribution in [1.29, 1.82) is 0 Å². The first-order valence-corrected chi connectivity index (χ1v) is 8.21. The second-order valence-electron chi connectivity index (χ2n) is 5.15. The van der Waals surface area contributed by atoms with Crippen molar-refractivity contribution in [3.05, 3.63) is 23.5 Å². The molecule has 1 aliphatic carbocycles. The fourth-order valence-electron chi connectivity index (χ4n) is 2.65. The summed E-state index contributed by atoms with van der Waals surface area (Å²) >= 11 is 1.83. The monoisotopic (exact) mass is 294 g/mol. The van der Waals surface area contributed by atoms with Crippen molar-refractivity contribution >= 4 is 23.4 Å². The van der Waals surface area contributed by atoms with Crippen molar-refractivity contribution in [2.75, 3.05) is 11.7 Å². The summed E-state index contributed by atoms with van der Waals surface area (Å²) in [5.74, 6) is 5.38. The summed E-state index contributed by atoms with van der Waals surface area (Å²) < 4.78 is 0. The minimum atomic E-state index is -0.101. The number of nitrogens with zero attached hydrogens (tertiary/aromatic N) is 1. The Labute approximate surface area is 124 Å². The van der Waals surface area contributed by atoms with Gasteiger partial charge in [-0.15, -0.1) is 0 Å². The quantitative estimate of drug-likeness (QED) is 0.585. The van der Waals surface area contributed by atoms with Crippen molar-refractivity contribution in [2.24, 2.45) is 5.84 Å². The van der Waals surface area contributed by atoms with Crippen molar-refractivity contribution in [3.8, 4) is 0 Å². The fourth-order valence-corrected chi connectivity index (χ4v) is 3.59. The highest BCUT2D eigenvalue weighted by Crippen LogP contribution is 2.27. The summed E-state index contributed by atoms with van der Waals surface area (Å²) in [6.45, 7) is 1.87. The number of hydrazine groups is 1. The van der Waals surface area contributed by atoms with Gasteiger partial charge in [0.2, 0.25) is 0 Å². The molecular formula is C14H22N4OS. The van der Waals surface area contributed by atoms with Crippen LogP contribution in [0.15, 0.2) is 12.3 Å². The third-order valence-corrected chi connectivity index (χ3v) is 4.93. The van der Waals surface area contributed by atoms with Crippen LogP contribution in [0.2, 0.25) is 0 Å². The molecule has 1 aromatic heterocycles. The molecule has 0 aliphatic heterocycles. The van der Waals surface area contributed by atoms with E-state index in [4.69, 9.17) is 5.84 Å². The first kappa shape index (κ1) is 15.1. The van der Waals surface area contributed by atoms with Crippen LogP contribution in [-0.4, -0.2) is 28.4 Å². The molecule has 1 aliphatic rings.